The number of rotatable bonds is 5. The van der Waals surface area contributed by atoms with E-state index < -0.39 is 0 Å². The summed E-state index contributed by atoms with van der Waals surface area (Å²) in [6.45, 7) is 11.8. The highest BCUT2D eigenvalue weighted by atomic mass is 15.0. The normalized spacial score (nSPS) is 14.4. The Balaban J connectivity index is 1.32. The zero-order chi connectivity index (χ0) is 38.3. The summed E-state index contributed by atoms with van der Waals surface area (Å²) in [5.74, 6) is 0. The molecule has 0 bridgehead atoms. The third-order valence-corrected chi connectivity index (χ3v) is 12.3. The van der Waals surface area contributed by atoms with Crippen LogP contribution in [-0.2, 0) is 10.8 Å². The van der Waals surface area contributed by atoms with E-state index in [9.17, 15) is 5.26 Å². The Kier molecular flexibility index (Phi) is 7.54. The van der Waals surface area contributed by atoms with Crippen LogP contribution in [0.3, 0.4) is 0 Å². The van der Waals surface area contributed by atoms with Crippen LogP contribution in [0.25, 0.3) is 77.5 Å². The molecule has 0 N–H and O–H groups in total. The van der Waals surface area contributed by atoms with Gasteiger partial charge in [0.25, 0.3) is 0 Å². The van der Waals surface area contributed by atoms with E-state index in [0.717, 1.165) is 39.7 Å². The molecule has 3 nitrogen and oxygen atoms in total. The first-order valence-electron chi connectivity index (χ1n) is 19.6. The molecule has 7 aromatic carbocycles. The van der Waals surface area contributed by atoms with E-state index in [4.69, 9.17) is 0 Å². The quantitative estimate of drug-likeness (QED) is 0.174. The largest absolute Gasteiger partial charge is 0.315 e. The van der Waals surface area contributed by atoms with Crippen molar-refractivity contribution in [3.8, 4) is 50.8 Å². The fourth-order valence-corrected chi connectivity index (χ4v) is 10.3. The minimum absolute atomic E-state index is 0.108. The molecule has 0 spiro atoms. The lowest BCUT2D eigenvalue weighted by Gasteiger charge is -2.28. The molecule has 0 fully saturated rings. The molecular weight excluding hydrogens is 679 g/mol. The van der Waals surface area contributed by atoms with Crippen LogP contribution in [-0.4, -0.2) is 9.13 Å². The monoisotopic (exact) mass is 721 g/mol. The van der Waals surface area contributed by atoms with Gasteiger partial charge in [-0.3, -0.25) is 0 Å². The first-order valence-corrected chi connectivity index (χ1v) is 19.6. The molecule has 1 aliphatic rings. The first-order chi connectivity index (χ1) is 27.1. The van der Waals surface area contributed by atoms with E-state index in [2.05, 4.69) is 208 Å². The third kappa shape index (κ3) is 5.10. The number of nitriles is 1. The molecule has 2 heterocycles. The summed E-state index contributed by atoms with van der Waals surface area (Å²) in [5, 5.41) is 15.1. The van der Waals surface area contributed by atoms with Crippen LogP contribution in [0.1, 0.15) is 56.4 Å². The molecule has 0 atom stereocenters. The molecule has 1 aliphatic carbocycles. The molecular formula is C53H43N3. The molecule has 3 heteroatoms. The van der Waals surface area contributed by atoms with Crippen LogP contribution in [0, 0.1) is 18.3 Å². The molecule has 0 amide bonds. The van der Waals surface area contributed by atoms with E-state index in [0.29, 0.717) is 5.56 Å². The standard InChI is InChI=1S/C53H43N3/c1-34-48-49(53(4,5)33-52(48,2)3)51(44(32-54)50(34)55-28-27-41-29-38(21-24-45(41)55)35-15-9-6-10-16-35)56-46-25-22-39(36-17-11-7-12-18-36)30-42(46)43-31-40(23-26-47(43)56)37-19-13-8-14-20-37/h6-31H,33H2,1-5H3. The second-order valence-electron chi connectivity index (χ2n) is 16.9. The van der Waals surface area contributed by atoms with Gasteiger partial charge in [-0.05, 0) is 117 Å². The SMILES string of the molecule is Cc1c(-n2ccc3cc(-c4ccccc4)ccc32)c(C#N)c(-n2c3ccc(-c4ccccc4)cc3c3cc(-c4ccccc4)ccc32)c2c1C(C)(C)CC2(C)C. The van der Waals surface area contributed by atoms with Crippen molar-refractivity contribution in [3.05, 3.63) is 180 Å². The van der Waals surface area contributed by atoms with Crippen molar-refractivity contribution in [1.29, 1.82) is 5.26 Å². The number of aromatic nitrogens is 2. The van der Waals surface area contributed by atoms with Gasteiger partial charge in [0.2, 0.25) is 0 Å². The summed E-state index contributed by atoms with van der Waals surface area (Å²) >= 11 is 0. The number of hydrogen-bond donors (Lipinski definition) is 0. The minimum Gasteiger partial charge on any atom is -0.315 e. The number of nitrogens with zero attached hydrogens (tertiary/aromatic N) is 3. The molecule has 0 saturated heterocycles. The van der Waals surface area contributed by atoms with Gasteiger partial charge in [0, 0.05) is 22.4 Å². The van der Waals surface area contributed by atoms with Crippen molar-refractivity contribution in [2.24, 2.45) is 0 Å². The van der Waals surface area contributed by atoms with Gasteiger partial charge in [0.1, 0.15) is 11.6 Å². The lowest BCUT2D eigenvalue weighted by atomic mass is 9.81. The molecule has 0 aliphatic heterocycles. The summed E-state index contributed by atoms with van der Waals surface area (Å²) in [6, 6.07) is 57.2. The molecule has 2 aromatic heterocycles. The van der Waals surface area contributed by atoms with E-state index in [1.807, 2.05) is 0 Å². The lowest BCUT2D eigenvalue weighted by molar-refractivity contribution is 0.402. The average Bonchev–Trinajstić information content (AvgIpc) is 3.84. The van der Waals surface area contributed by atoms with Crippen molar-refractivity contribution in [2.75, 3.05) is 0 Å². The van der Waals surface area contributed by atoms with Crippen molar-refractivity contribution >= 4 is 32.7 Å². The van der Waals surface area contributed by atoms with Crippen LogP contribution in [0.5, 0.6) is 0 Å². The maximum Gasteiger partial charge on any atom is 0.104 e. The van der Waals surface area contributed by atoms with Crippen molar-refractivity contribution in [1.82, 2.24) is 9.13 Å². The van der Waals surface area contributed by atoms with Crippen LogP contribution >= 0.6 is 0 Å². The van der Waals surface area contributed by atoms with Crippen molar-refractivity contribution in [2.45, 2.75) is 51.9 Å². The fraction of sp³-hybridized carbons (Fsp3) is 0.151. The second kappa shape index (κ2) is 12.4. The predicted octanol–water partition coefficient (Wildman–Crippen LogP) is 13.9. The van der Waals surface area contributed by atoms with Crippen LogP contribution in [0.15, 0.2) is 158 Å². The fourth-order valence-electron chi connectivity index (χ4n) is 10.3. The molecule has 56 heavy (non-hydrogen) atoms. The summed E-state index contributed by atoms with van der Waals surface area (Å²) in [5.41, 5.74) is 16.6. The second-order valence-corrected chi connectivity index (χ2v) is 16.9. The highest BCUT2D eigenvalue weighted by Crippen LogP contribution is 2.56. The Morgan fingerprint density at radius 3 is 1.46 bits per heavy atom. The Labute approximate surface area is 328 Å². The predicted molar refractivity (Wildman–Crippen MR) is 234 cm³/mol. The third-order valence-electron chi connectivity index (χ3n) is 12.3. The lowest BCUT2D eigenvalue weighted by Crippen LogP contribution is -2.19. The summed E-state index contributed by atoms with van der Waals surface area (Å²) in [4.78, 5) is 0. The Morgan fingerprint density at radius 2 is 0.964 bits per heavy atom. The highest BCUT2D eigenvalue weighted by Gasteiger charge is 2.47. The van der Waals surface area contributed by atoms with E-state index in [1.165, 1.54) is 60.8 Å². The van der Waals surface area contributed by atoms with Gasteiger partial charge in [-0.2, -0.15) is 5.26 Å². The number of hydrogen-bond acceptors (Lipinski definition) is 1. The van der Waals surface area contributed by atoms with Gasteiger partial charge >= 0.3 is 0 Å². The number of benzene rings is 7. The van der Waals surface area contributed by atoms with Crippen LogP contribution in [0.2, 0.25) is 0 Å². The molecule has 10 rings (SSSR count). The summed E-state index contributed by atoms with van der Waals surface area (Å²) < 4.78 is 4.70. The summed E-state index contributed by atoms with van der Waals surface area (Å²) in [6.07, 6.45) is 3.15. The Morgan fingerprint density at radius 1 is 0.500 bits per heavy atom. The Bertz CT molecular complexity index is 2950. The van der Waals surface area contributed by atoms with Gasteiger partial charge in [0.05, 0.1) is 27.9 Å². The number of fused-ring (bicyclic) bond motifs is 5. The van der Waals surface area contributed by atoms with Crippen LogP contribution < -0.4 is 0 Å². The van der Waals surface area contributed by atoms with Gasteiger partial charge in [-0.1, -0.05) is 137 Å². The van der Waals surface area contributed by atoms with Gasteiger partial charge in [0.15, 0.2) is 0 Å². The zero-order valence-corrected chi connectivity index (χ0v) is 32.6. The molecule has 270 valence electrons. The maximum atomic E-state index is 11.6. The minimum atomic E-state index is -0.177. The molecule has 0 radical (unpaired) electrons. The van der Waals surface area contributed by atoms with E-state index in [1.54, 1.807) is 0 Å². The molecule has 0 saturated carbocycles. The van der Waals surface area contributed by atoms with Gasteiger partial charge in [-0.25, -0.2) is 0 Å². The van der Waals surface area contributed by atoms with Gasteiger partial charge in [-0.15, -0.1) is 0 Å². The first kappa shape index (κ1) is 33.9. The van der Waals surface area contributed by atoms with Gasteiger partial charge < -0.3 is 9.13 Å². The highest BCUT2D eigenvalue weighted by molar-refractivity contribution is 6.12. The Hall–Kier alpha value is -6.63. The van der Waals surface area contributed by atoms with Crippen LogP contribution in [0.4, 0.5) is 0 Å². The summed E-state index contributed by atoms with van der Waals surface area (Å²) in [7, 11) is 0. The van der Waals surface area contributed by atoms with E-state index >= 15 is 0 Å². The topological polar surface area (TPSA) is 33.6 Å². The van der Waals surface area contributed by atoms with Crippen molar-refractivity contribution < 1.29 is 0 Å². The van der Waals surface area contributed by atoms with Crippen molar-refractivity contribution in [3.63, 3.8) is 0 Å². The maximum absolute atomic E-state index is 11.6. The molecule has 0 unspecified atom stereocenters. The molecule has 9 aromatic rings. The smallest absolute Gasteiger partial charge is 0.104 e. The van der Waals surface area contributed by atoms with E-state index in [-0.39, 0.29) is 10.8 Å². The average molecular weight is 722 g/mol. The zero-order valence-electron chi connectivity index (χ0n) is 32.6.